The van der Waals surface area contributed by atoms with E-state index in [9.17, 15) is 4.79 Å². The monoisotopic (exact) mass is 211 g/mol. The minimum absolute atomic E-state index is 0.0651. The van der Waals surface area contributed by atoms with Crippen LogP contribution in [0.3, 0.4) is 0 Å². The highest BCUT2D eigenvalue weighted by atomic mass is 16.3. The van der Waals surface area contributed by atoms with Crippen molar-refractivity contribution in [3.8, 4) is 0 Å². The second-order valence-corrected chi connectivity index (χ2v) is 5.32. The molecule has 2 unspecified atom stereocenters. The van der Waals surface area contributed by atoms with E-state index in [0.717, 1.165) is 37.5 Å². The van der Waals surface area contributed by atoms with E-state index in [1.54, 1.807) is 0 Å². The zero-order valence-electron chi connectivity index (χ0n) is 9.65. The Bertz CT molecular complexity index is 238. The molecule has 0 aromatic heterocycles. The molecule has 0 saturated carbocycles. The summed E-state index contributed by atoms with van der Waals surface area (Å²) in [4.78, 5) is 13.5. The van der Waals surface area contributed by atoms with Gasteiger partial charge in [-0.3, -0.25) is 4.79 Å². The molecule has 2 atom stereocenters. The summed E-state index contributed by atoms with van der Waals surface area (Å²) < 4.78 is 0. The van der Waals surface area contributed by atoms with Gasteiger partial charge in [0.05, 0.1) is 0 Å². The van der Waals surface area contributed by atoms with Crippen LogP contribution in [-0.4, -0.2) is 34.6 Å². The molecule has 2 fully saturated rings. The first-order valence-electron chi connectivity index (χ1n) is 6.05. The van der Waals surface area contributed by atoms with Gasteiger partial charge in [-0.15, -0.1) is 0 Å². The quantitative estimate of drug-likeness (QED) is 0.750. The highest BCUT2D eigenvalue weighted by Gasteiger charge is 2.43. The molecule has 2 rings (SSSR count). The van der Waals surface area contributed by atoms with Crippen molar-refractivity contribution in [3.05, 3.63) is 0 Å². The zero-order valence-corrected chi connectivity index (χ0v) is 9.65. The number of nitrogens with zero attached hydrogens (tertiary/aromatic N) is 1. The third kappa shape index (κ3) is 1.89. The zero-order chi connectivity index (χ0) is 11.0. The Hall–Kier alpha value is -0.570. The molecule has 15 heavy (non-hydrogen) atoms. The number of aliphatic hydroxyl groups excluding tert-OH is 1. The number of fused-ring (bicyclic) bond motifs is 2. The molecular weight excluding hydrogens is 190 g/mol. The number of piperidine rings is 1. The fourth-order valence-corrected chi connectivity index (χ4v) is 3.25. The predicted molar refractivity (Wildman–Crippen MR) is 58.3 cm³/mol. The topological polar surface area (TPSA) is 40.5 Å². The van der Waals surface area contributed by atoms with Gasteiger partial charge in [0, 0.05) is 12.1 Å². The molecule has 2 saturated heterocycles. The molecule has 0 radical (unpaired) electrons. The van der Waals surface area contributed by atoms with Crippen LogP contribution in [0.15, 0.2) is 0 Å². The van der Waals surface area contributed by atoms with E-state index in [1.165, 1.54) is 0 Å². The van der Waals surface area contributed by atoms with Crippen LogP contribution in [-0.2, 0) is 4.79 Å². The van der Waals surface area contributed by atoms with Crippen LogP contribution in [0.5, 0.6) is 0 Å². The Kier molecular flexibility index (Phi) is 3.01. The first-order valence-corrected chi connectivity index (χ1v) is 6.05. The van der Waals surface area contributed by atoms with Gasteiger partial charge in [-0.1, -0.05) is 13.8 Å². The summed E-state index contributed by atoms with van der Waals surface area (Å²) >= 11 is 0. The summed E-state index contributed by atoms with van der Waals surface area (Å²) in [6, 6.07) is 0.826. The Balaban J connectivity index is 2.06. The van der Waals surface area contributed by atoms with Crippen LogP contribution < -0.4 is 0 Å². The van der Waals surface area contributed by atoms with Gasteiger partial charge in [0.25, 0.3) is 0 Å². The summed E-state index contributed by atoms with van der Waals surface area (Å²) in [7, 11) is 0. The largest absolute Gasteiger partial charge is 0.387 e. The van der Waals surface area contributed by atoms with Crippen molar-refractivity contribution in [1.82, 2.24) is 4.90 Å². The van der Waals surface area contributed by atoms with E-state index in [1.807, 2.05) is 4.90 Å². The molecule has 3 nitrogen and oxygen atoms in total. The lowest BCUT2D eigenvalue weighted by Gasteiger charge is -2.40. The lowest BCUT2D eigenvalue weighted by Crippen LogP contribution is -2.48. The molecule has 3 heteroatoms. The van der Waals surface area contributed by atoms with Crippen molar-refractivity contribution in [2.75, 3.05) is 6.61 Å². The van der Waals surface area contributed by atoms with Crippen molar-refractivity contribution >= 4 is 5.91 Å². The molecule has 2 bridgehead atoms. The average molecular weight is 211 g/mol. The van der Waals surface area contributed by atoms with E-state index in [2.05, 4.69) is 13.8 Å². The molecule has 2 aliphatic heterocycles. The standard InChI is InChI=1S/C12H21NO2/c1-8(2)9-5-10-3-4-11(6-9)13(10)12(15)7-14/h8-11,14H,3-7H2,1-2H3. The van der Waals surface area contributed by atoms with Crippen LogP contribution in [0.4, 0.5) is 0 Å². The molecule has 1 amide bonds. The van der Waals surface area contributed by atoms with Gasteiger partial charge < -0.3 is 10.0 Å². The molecule has 86 valence electrons. The second-order valence-electron chi connectivity index (χ2n) is 5.32. The van der Waals surface area contributed by atoms with Gasteiger partial charge in [-0.25, -0.2) is 0 Å². The van der Waals surface area contributed by atoms with Crippen LogP contribution in [0.2, 0.25) is 0 Å². The molecule has 0 aromatic rings. The van der Waals surface area contributed by atoms with E-state index >= 15 is 0 Å². The number of amides is 1. The van der Waals surface area contributed by atoms with E-state index in [-0.39, 0.29) is 12.5 Å². The third-order valence-corrected chi connectivity index (χ3v) is 4.14. The van der Waals surface area contributed by atoms with Gasteiger partial charge in [0.15, 0.2) is 0 Å². The third-order valence-electron chi connectivity index (χ3n) is 4.14. The minimum Gasteiger partial charge on any atom is -0.387 e. The average Bonchev–Trinajstić information content (AvgIpc) is 2.47. The molecule has 0 aliphatic carbocycles. The SMILES string of the molecule is CC(C)C1CC2CCC(C1)N2C(=O)CO. The summed E-state index contributed by atoms with van der Waals surface area (Å²) in [6.07, 6.45) is 4.55. The molecule has 2 heterocycles. The van der Waals surface area contributed by atoms with Crippen LogP contribution >= 0.6 is 0 Å². The van der Waals surface area contributed by atoms with E-state index in [0.29, 0.717) is 12.1 Å². The number of aliphatic hydroxyl groups is 1. The normalized spacial score (nSPS) is 34.9. The summed E-state index contributed by atoms with van der Waals surface area (Å²) in [5.41, 5.74) is 0. The van der Waals surface area contributed by atoms with Gasteiger partial charge in [-0.05, 0) is 37.5 Å². The number of carbonyl (C=O) groups is 1. The van der Waals surface area contributed by atoms with Crippen molar-refractivity contribution in [2.45, 2.75) is 51.6 Å². The van der Waals surface area contributed by atoms with Crippen molar-refractivity contribution in [2.24, 2.45) is 11.8 Å². The summed E-state index contributed by atoms with van der Waals surface area (Å²) in [5, 5.41) is 8.93. The molecule has 1 N–H and O–H groups in total. The van der Waals surface area contributed by atoms with Crippen LogP contribution in [0.25, 0.3) is 0 Å². The smallest absolute Gasteiger partial charge is 0.248 e. The Morgan fingerprint density at radius 2 is 1.87 bits per heavy atom. The first kappa shape index (κ1) is 10.9. The lowest BCUT2D eigenvalue weighted by atomic mass is 9.82. The molecule has 0 aromatic carbocycles. The van der Waals surface area contributed by atoms with Crippen molar-refractivity contribution < 1.29 is 9.90 Å². The Labute approximate surface area is 91.5 Å². The Morgan fingerprint density at radius 3 is 2.27 bits per heavy atom. The van der Waals surface area contributed by atoms with Gasteiger partial charge >= 0.3 is 0 Å². The predicted octanol–water partition coefficient (Wildman–Crippen LogP) is 1.40. The number of carbonyl (C=O) groups excluding carboxylic acids is 1. The first-order chi connectivity index (χ1) is 7.13. The van der Waals surface area contributed by atoms with Gasteiger partial charge in [-0.2, -0.15) is 0 Å². The molecule has 0 spiro atoms. The maximum atomic E-state index is 11.6. The fraction of sp³-hybridized carbons (Fsp3) is 0.917. The fourth-order valence-electron chi connectivity index (χ4n) is 3.25. The van der Waals surface area contributed by atoms with Gasteiger partial charge in [0.2, 0.25) is 5.91 Å². The maximum Gasteiger partial charge on any atom is 0.248 e. The number of hydrogen-bond acceptors (Lipinski definition) is 2. The minimum atomic E-state index is -0.320. The van der Waals surface area contributed by atoms with Gasteiger partial charge in [0.1, 0.15) is 6.61 Å². The van der Waals surface area contributed by atoms with E-state index in [4.69, 9.17) is 5.11 Å². The number of rotatable bonds is 2. The van der Waals surface area contributed by atoms with Crippen LogP contribution in [0, 0.1) is 11.8 Å². The highest BCUT2D eigenvalue weighted by Crippen LogP contribution is 2.41. The van der Waals surface area contributed by atoms with Crippen molar-refractivity contribution in [1.29, 1.82) is 0 Å². The lowest BCUT2D eigenvalue weighted by molar-refractivity contribution is -0.139. The van der Waals surface area contributed by atoms with Crippen LogP contribution in [0.1, 0.15) is 39.5 Å². The molecular formula is C12H21NO2. The second kappa shape index (κ2) is 4.12. The summed E-state index contributed by atoms with van der Waals surface area (Å²) in [5.74, 6) is 1.43. The number of hydrogen-bond donors (Lipinski definition) is 1. The summed E-state index contributed by atoms with van der Waals surface area (Å²) in [6.45, 7) is 4.22. The highest BCUT2D eigenvalue weighted by molar-refractivity contribution is 5.78. The van der Waals surface area contributed by atoms with E-state index < -0.39 is 0 Å². The maximum absolute atomic E-state index is 11.6. The van der Waals surface area contributed by atoms with Crippen molar-refractivity contribution in [3.63, 3.8) is 0 Å². The Morgan fingerprint density at radius 1 is 1.33 bits per heavy atom. The molecule has 2 aliphatic rings.